The molecule has 126 valence electrons. The highest BCUT2D eigenvalue weighted by Gasteiger charge is 2.32. The van der Waals surface area contributed by atoms with E-state index in [2.05, 4.69) is 9.46 Å². The summed E-state index contributed by atoms with van der Waals surface area (Å²) < 4.78 is 31.8. The molecule has 2 aromatic carbocycles. The molecule has 0 saturated carbocycles. The largest absolute Gasteiger partial charge is 0.463 e. The summed E-state index contributed by atoms with van der Waals surface area (Å²) in [7, 11) is -2.92. The maximum absolute atomic E-state index is 12.5. The molecule has 0 spiro atoms. The van der Waals surface area contributed by atoms with Crippen LogP contribution in [0.15, 0.2) is 59.5 Å². The molecule has 0 aliphatic rings. The minimum atomic E-state index is -3.99. The van der Waals surface area contributed by atoms with Crippen LogP contribution < -0.4 is 4.72 Å². The first-order valence-electron chi connectivity index (χ1n) is 7.11. The fraction of sp³-hybridized carbons (Fsp3) is 0.176. The van der Waals surface area contributed by atoms with Crippen molar-refractivity contribution in [1.29, 1.82) is 0 Å². The lowest BCUT2D eigenvalue weighted by atomic mass is 10.0. The lowest BCUT2D eigenvalue weighted by Crippen LogP contribution is -2.37. The second-order valence-electron chi connectivity index (χ2n) is 5.13. The molecule has 0 aromatic heterocycles. The molecular weight excluding hydrogens is 330 g/mol. The molecular formula is C17H17NO5S. The van der Waals surface area contributed by atoms with Gasteiger partial charge in [-0.1, -0.05) is 48.0 Å². The van der Waals surface area contributed by atoms with Crippen LogP contribution in [-0.4, -0.2) is 27.3 Å². The lowest BCUT2D eigenvalue weighted by Gasteiger charge is -2.17. The number of Topliss-reactive ketones (excluding diaryl/α,β-unsaturated/α-hetero) is 1. The van der Waals surface area contributed by atoms with Crippen LogP contribution in [0, 0.1) is 6.92 Å². The van der Waals surface area contributed by atoms with Gasteiger partial charge in [-0.2, -0.15) is 4.72 Å². The zero-order chi connectivity index (χ0) is 17.7. The minimum Gasteiger partial charge on any atom is -0.463 e. The van der Waals surface area contributed by atoms with Crippen molar-refractivity contribution in [3.8, 4) is 0 Å². The van der Waals surface area contributed by atoms with Gasteiger partial charge in [0.1, 0.15) is 6.04 Å². The maximum Gasteiger partial charge on any atom is 0.376 e. The van der Waals surface area contributed by atoms with Crippen molar-refractivity contribution in [1.82, 2.24) is 4.72 Å². The van der Waals surface area contributed by atoms with Crippen LogP contribution in [0.5, 0.6) is 0 Å². The van der Waals surface area contributed by atoms with Gasteiger partial charge >= 0.3 is 5.97 Å². The van der Waals surface area contributed by atoms with Gasteiger partial charge in [0.2, 0.25) is 10.0 Å². The van der Waals surface area contributed by atoms with E-state index < -0.39 is 27.8 Å². The molecule has 1 atom stereocenters. The summed E-state index contributed by atoms with van der Waals surface area (Å²) in [4.78, 5) is 23.8. The van der Waals surface area contributed by atoms with E-state index in [0.29, 0.717) is 5.56 Å². The number of rotatable bonds is 6. The fourth-order valence-corrected chi connectivity index (χ4v) is 3.26. The van der Waals surface area contributed by atoms with Crippen molar-refractivity contribution in [2.45, 2.75) is 17.9 Å². The first-order chi connectivity index (χ1) is 11.3. The molecule has 0 aliphatic heterocycles. The number of nitrogens with one attached hydrogen (secondary N) is 1. The highest BCUT2D eigenvalue weighted by molar-refractivity contribution is 7.89. The predicted octanol–water partition coefficient (Wildman–Crippen LogP) is 1.76. The first-order valence-corrected chi connectivity index (χ1v) is 8.59. The van der Waals surface area contributed by atoms with Gasteiger partial charge in [0, 0.05) is 0 Å². The number of ketones is 1. The Labute approximate surface area is 140 Å². The fourth-order valence-electron chi connectivity index (χ4n) is 2.08. The number of hydrogen-bond acceptors (Lipinski definition) is 5. The Morgan fingerprint density at radius 3 is 2.12 bits per heavy atom. The van der Waals surface area contributed by atoms with Crippen LogP contribution in [0.3, 0.4) is 0 Å². The Morgan fingerprint density at radius 1 is 1.00 bits per heavy atom. The Hall–Kier alpha value is -2.51. The summed E-state index contributed by atoms with van der Waals surface area (Å²) in [6.07, 6.45) is 0. The van der Waals surface area contributed by atoms with E-state index in [0.717, 1.165) is 12.7 Å². The zero-order valence-electron chi connectivity index (χ0n) is 13.2. The number of sulfonamides is 1. The van der Waals surface area contributed by atoms with Gasteiger partial charge in [-0.25, -0.2) is 13.2 Å². The predicted molar refractivity (Wildman–Crippen MR) is 87.7 cm³/mol. The molecule has 0 bridgehead atoms. The normalized spacial score (nSPS) is 12.4. The Balaban J connectivity index is 2.39. The lowest BCUT2D eigenvalue weighted by molar-refractivity contribution is -0.152. The quantitative estimate of drug-likeness (QED) is 0.635. The summed E-state index contributed by atoms with van der Waals surface area (Å²) >= 11 is 0. The van der Waals surface area contributed by atoms with Gasteiger partial charge in [-0.05, 0) is 24.6 Å². The Morgan fingerprint density at radius 2 is 1.58 bits per heavy atom. The number of benzene rings is 2. The number of esters is 1. The van der Waals surface area contributed by atoms with E-state index in [-0.39, 0.29) is 4.90 Å². The number of carbonyl (C=O) groups is 2. The van der Waals surface area contributed by atoms with Crippen LogP contribution in [0.4, 0.5) is 0 Å². The third-order valence-electron chi connectivity index (χ3n) is 3.39. The molecule has 0 fully saturated rings. The number of hydrogen-bond donors (Lipinski definition) is 1. The van der Waals surface area contributed by atoms with Crippen molar-refractivity contribution in [2.75, 3.05) is 7.11 Å². The molecule has 0 heterocycles. The molecule has 2 rings (SSSR count). The molecule has 0 amide bonds. The summed E-state index contributed by atoms with van der Waals surface area (Å²) in [5.41, 5.74) is 1.25. The molecule has 24 heavy (non-hydrogen) atoms. The number of ether oxygens (including phenoxy) is 1. The van der Waals surface area contributed by atoms with Gasteiger partial charge in [0.05, 0.1) is 12.0 Å². The van der Waals surface area contributed by atoms with Crippen LogP contribution in [0.25, 0.3) is 0 Å². The van der Waals surface area contributed by atoms with Crippen LogP contribution in [0.1, 0.15) is 17.2 Å². The minimum absolute atomic E-state index is 0.00620. The van der Waals surface area contributed by atoms with Gasteiger partial charge in [0.25, 0.3) is 5.78 Å². The molecule has 0 aliphatic carbocycles. The first kappa shape index (κ1) is 17.8. The maximum atomic E-state index is 12.5. The van der Waals surface area contributed by atoms with Gasteiger partial charge in [-0.15, -0.1) is 0 Å². The molecule has 0 radical (unpaired) electrons. The van der Waals surface area contributed by atoms with Crippen molar-refractivity contribution in [3.63, 3.8) is 0 Å². The van der Waals surface area contributed by atoms with Crippen molar-refractivity contribution >= 4 is 21.8 Å². The Bertz CT molecular complexity index is 829. The smallest absolute Gasteiger partial charge is 0.376 e. The summed E-state index contributed by atoms with van der Waals surface area (Å²) in [6, 6.07) is 12.9. The molecule has 1 unspecified atom stereocenters. The highest BCUT2D eigenvalue weighted by atomic mass is 32.2. The average molecular weight is 347 g/mol. The van der Waals surface area contributed by atoms with Crippen molar-refractivity contribution in [2.24, 2.45) is 0 Å². The monoisotopic (exact) mass is 347 g/mol. The van der Waals surface area contributed by atoms with Crippen molar-refractivity contribution < 1.29 is 22.7 Å². The van der Waals surface area contributed by atoms with E-state index >= 15 is 0 Å². The van der Waals surface area contributed by atoms with Gasteiger partial charge in [0.15, 0.2) is 0 Å². The summed E-state index contributed by atoms with van der Waals surface area (Å²) in [5.74, 6) is -2.10. The highest BCUT2D eigenvalue weighted by Crippen LogP contribution is 2.19. The van der Waals surface area contributed by atoms with Crippen LogP contribution in [0.2, 0.25) is 0 Å². The van der Waals surface area contributed by atoms with Gasteiger partial charge in [-0.3, -0.25) is 4.79 Å². The number of methoxy groups -OCH3 is 1. The van der Waals surface area contributed by atoms with Gasteiger partial charge < -0.3 is 4.74 Å². The number of carbonyl (C=O) groups excluding carboxylic acids is 2. The molecule has 6 nitrogen and oxygen atoms in total. The third-order valence-corrected chi connectivity index (χ3v) is 4.82. The third kappa shape index (κ3) is 4.06. The number of aryl methyl sites for hydroxylation is 1. The topological polar surface area (TPSA) is 89.5 Å². The van der Waals surface area contributed by atoms with E-state index in [4.69, 9.17) is 0 Å². The average Bonchev–Trinajstić information content (AvgIpc) is 2.59. The second kappa shape index (κ2) is 7.37. The Kier molecular flexibility index (Phi) is 5.48. The van der Waals surface area contributed by atoms with Crippen LogP contribution in [-0.2, 0) is 24.3 Å². The molecule has 0 saturated heterocycles. The van der Waals surface area contributed by atoms with E-state index in [1.54, 1.807) is 42.5 Å². The summed E-state index contributed by atoms with van der Waals surface area (Å²) in [5, 5.41) is 0. The van der Waals surface area contributed by atoms with E-state index in [1.807, 2.05) is 6.92 Å². The standard InChI is InChI=1S/C17H17NO5S/c1-12-8-10-14(11-9-12)24(21,22)18-15(16(19)17(20)23-2)13-6-4-3-5-7-13/h3-11,15,18H,1-2H3. The second-order valence-corrected chi connectivity index (χ2v) is 6.85. The van der Waals surface area contributed by atoms with E-state index in [9.17, 15) is 18.0 Å². The molecule has 7 heteroatoms. The SMILES string of the molecule is COC(=O)C(=O)C(NS(=O)(=O)c1ccc(C)cc1)c1ccccc1. The van der Waals surface area contributed by atoms with E-state index in [1.165, 1.54) is 12.1 Å². The van der Waals surface area contributed by atoms with Crippen LogP contribution >= 0.6 is 0 Å². The van der Waals surface area contributed by atoms with Crippen molar-refractivity contribution in [3.05, 3.63) is 65.7 Å². The molecule has 1 N–H and O–H groups in total. The zero-order valence-corrected chi connectivity index (χ0v) is 14.0. The molecule has 2 aromatic rings. The summed E-state index contributed by atoms with van der Waals surface area (Å²) in [6.45, 7) is 1.83.